The van der Waals surface area contributed by atoms with E-state index in [1.165, 1.54) is 19.4 Å². The van der Waals surface area contributed by atoms with Crippen LogP contribution in [-0.4, -0.2) is 48.4 Å². The first kappa shape index (κ1) is 10.5. The van der Waals surface area contributed by atoms with Crippen LogP contribution >= 0.6 is 0 Å². The van der Waals surface area contributed by atoms with E-state index in [0.29, 0.717) is 0 Å². The summed E-state index contributed by atoms with van der Waals surface area (Å²) in [6.07, 6.45) is 2.59. The van der Waals surface area contributed by atoms with Crippen molar-refractivity contribution in [1.82, 2.24) is 9.80 Å². The van der Waals surface area contributed by atoms with Crippen molar-refractivity contribution in [2.45, 2.75) is 26.7 Å². The van der Waals surface area contributed by atoms with Crippen molar-refractivity contribution >= 4 is 5.84 Å². The van der Waals surface area contributed by atoms with Crippen molar-refractivity contribution in [2.75, 3.05) is 32.7 Å². The molecule has 1 heterocycles. The zero-order chi connectivity index (χ0) is 9.68. The second kappa shape index (κ2) is 5.22. The Hall–Kier alpha value is -0.570. The molecule has 1 aliphatic rings. The third-order valence-corrected chi connectivity index (χ3v) is 2.67. The Kier molecular flexibility index (Phi) is 4.22. The van der Waals surface area contributed by atoms with Gasteiger partial charge in [0.1, 0.15) is 0 Å². The first-order chi connectivity index (χ1) is 6.24. The second-order valence-electron chi connectivity index (χ2n) is 3.77. The first-order valence-electron chi connectivity index (χ1n) is 5.26. The van der Waals surface area contributed by atoms with E-state index in [-0.39, 0.29) is 0 Å². The van der Waals surface area contributed by atoms with Gasteiger partial charge in [-0.05, 0) is 19.9 Å². The molecule has 1 saturated heterocycles. The van der Waals surface area contributed by atoms with E-state index in [1.54, 1.807) is 0 Å². The van der Waals surface area contributed by atoms with Crippen LogP contribution in [0.15, 0.2) is 0 Å². The molecule has 1 N–H and O–H groups in total. The third-order valence-electron chi connectivity index (χ3n) is 2.67. The molecule has 0 bridgehead atoms. The monoisotopic (exact) mass is 183 g/mol. The summed E-state index contributed by atoms with van der Waals surface area (Å²) in [6, 6.07) is 0. The highest BCUT2D eigenvalue weighted by Gasteiger charge is 2.15. The SMILES string of the molecule is CCCCN1CCN(C(C)=N)CC1. The zero-order valence-electron chi connectivity index (χ0n) is 8.84. The lowest BCUT2D eigenvalue weighted by Crippen LogP contribution is -2.47. The Morgan fingerprint density at radius 2 is 1.85 bits per heavy atom. The van der Waals surface area contributed by atoms with Crippen molar-refractivity contribution in [2.24, 2.45) is 0 Å². The number of hydrogen-bond acceptors (Lipinski definition) is 2. The van der Waals surface area contributed by atoms with Gasteiger partial charge in [-0.2, -0.15) is 0 Å². The zero-order valence-corrected chi connectivity index (χ0v) is 8.84. The molecule has 13 heavy (non-hydrogen) atoms. The number of piperazine rings is 1. The third kappa shape index (κ3) is 3.35. The summed E-state index contributed by atoms with van der Waals surface area (Å²) in [5.74, 6) is 0.718. The summed E-state index contributed by atoms with van der Waals surface area (Å²) in [4.78, 5) is 4.66. The summed E-state index contributed by atoms with van der Waals surface area (Å²) in [6.45, 7) is 9.70. The summed E-state index contributed by atoms with van der Waals surface area (Å²) in [7, 11) is 0. The van der Waals surface area contributed by atoms with Crippen LogP contribution in [0, 0.1) is 5.41 Å². The normalized spacial score (nSPS) is 19.1. The molecule has 0 spiro atoms. The molecule has 3 heteroatoms. The van der Waals surface area contributed by atoms with Crippen LogP contribution in [0.3, 0.4) is 0 Å². The molecule has 0 aromatic heterocycles. The summed E-state index contributed by atoms with van der Waals surface area (Å²) in [5.41, 5.74) is 0. The van der Waals surface area contributed by atoms with E-state index in [2.05, 4.69) is 16.7 Å². The first-order valence-corrected chi connectivity index (χ1v) is 5.26. The number of rotatable bonds is 3. The largest absolute Gasteiger partial charge is 0.358 e. The van der Waals surface area contributed by atoms with Gasteiger partial charge in [-0.1, -0.05) is 13.3 Å². The lowest BCUT2D eigenvalue weighted by atomic mass is 10.2. The van der Waals surface area contributed by atoms with Gasteiger partial charge in [-0.3, -0.25) is 10.3 Å². The van der Waals surface area contributed by atoms with Crippen molar-refractivity contribution in [3.8, 4) is 0 Å². The summed E-state index contributed by atoms with van der Waals surface area (Å²) >= 11 is 0. The number of nitrogens with zero attached hydrogens (tertiary/aromatic N) is 2. The highest BCUT2D eigenvalue weighted by atomic mass is 15.3. The minimum Gasteiger partial charge on any atom is -0.358 e. The molecule has 0 saturated carbocycles. The van der Waals surface area contributed by atoms with Crippen LogP contribution in [0.5, 0.6) is 0 Å². The minimum absolute atomic E-state index is 0.718. The van der Waals surface area contributed by atoms with Crippen LogP contribution in [0.4, 0.5) is 0 Å². The van der Waals surface area contributed by atoms with Gasteiger partial charge in [0.2, 0.25) is 0 Å². The van der Waals surface area contributed by atoms with Gasteiger partial charge < -0.3 is 4.90 Å². The Bertz CT molecular complexity index is 160. The Balaban J connectivity index is 2.18. The summed E-state index contributed by atoms with van der Waals surface area (Å²) < 4.78 is 0. The Labute approximate surface area is 81.2 Å². The fraction of sp³-hybridized carbons (Fsp3) is 0.900. The van der Waals surface area contributed by atoms with Crippen LogP contribution in [-0.2, 0) is 0 Å². The standard InChI is InChI=1S/C10H21N3/c1-3-4-5-12-6-8-13(9-7-12)10(2)11/h11H,3-9H2,1-2H3. The fourth-order valence-corrected chi connectivity index (χ4v) is 1.69. The van der Waals surface area contributed by atoms with E-state index in [1.807, 2.05) is 6.92 Å². The molecule has 0 aromatic carbocycles. The molecule has 0 aliphatic carbocycles. The van der Waals surface area contributed by atoms with E-state index < -0.39 is 0 Å². The van der Waals surface area contributed by atoms with E-state index in [0.717, 1.165) is 32.0 Å². The fourth-order valence-electron chi connectivity index (χ4n) is 1.69. The lowest BCUT2D eigenvalue weighted by Gasteiger charge is -2.35. The maximum absolute atomic E-state index is 7.50. The topological polar surface area (TPSA) is 30.3 Å². The van der Waals surface area contributed by atoms with E-state index in [9.17, 15) is 0 Å². The van der Waals surface area contributed by atoms with E-state index >= 15 is 0 Å². The van der Waals surface area contributed by atoms with Crippen molar-refractivity contribution in [3.05, 3.63) is 0 Å². The molecule has 0 unspecified atom stereocenters. The molecule has 76 valence electrons. The maximum Gasteiger partial charge on any atom is 0.0926 e. The number of nitrogens with one attached hydrogen (secondary N) is 1. The highest BCUT2D eigenvalue weighted by Crippen LogP contribution is 2.03. The average Bonchev–Trinajstić information content (AvgIpc) is 2.15. The molecule has 0 atom stereocenters. The average molecular weight is 183 g/mol. The smallest absolute Gasteiger partial charge is 0.0926 e. The minimum atomic E-state index is 0.718. The van der Waals surface area contributed by atoms with Crippen molar-refractivity contribution in [3.63, 3.8) is 0 Å². The van der Waals surface area contributed by atoms with Crippen LogP contribution in [0.1, 0.15) is 26.7 Å². The van der Waals surface area contributed by atoms with Crippen LogP contribution < -0.4 is 0 Å². The predicted molar refractivity (Wildman–Crippen MR) is 56.3 cm³/mol. The summed E-state index contributed by atoms with van der Waals surface area (Å²) in [5, 5.41) is 7.50. The Morgan fingerprint density at radius 3 is 2.31 bits per heavy atom. The molecule has 3 nitrogen and oxygen atoms in total. The molecular formula is C10H21N3. The number of unbranched alkanes of at least 4 members (excludes halogenated alkanes) is 1. The lowest BCUT2D eigenvalue weighted by molar-refractivity contribution is 0.179. The van der Waals surface area contributed by atoms with Crippen LogP contribution in [0.25, 0.3) is 0 Å². The molecule has 0 amide bonds. The van der Waals surface area contributed by atoms with Gasteiger partial charge in [0.15, 0.2) is 0 Å². The van der Waals surface area contributed by atoms with Crippen molar-refractivity contribution < 1.29 is 0 Å². The van der Waals surface area contributed by atoms with Gasteiger partial charge >= 0.3 is 0 Å². The van der Waals surface area contributed by atoms with Gasteiger partial charge in [0, 0.05) is 26.2 Å². The van der Waals surface area contributed by atoms with Crippen LogP contribution in [0.2, 0.25) is 0 Å². The molecular weight excluding hydrogens is 162 g/mol. The van der Waals surface area contributed by atoms with Gasteiger partial charge in [-0.25, -0.2) is 0 Å². The number of hydrogen-bond donors (Lipinski definition) is 1. The van der Waals surface area contributed by atoms with Gasteiger partial charge in [0.25, 0.3) is 0 Å². The predicted octanol–water partition coefficient (Wildman–Crippen LogP) is 1.40. The molecule has 1 aliphatic heterocycles. The maximum atomic E-state index is 7.50. The number of amidine groups is 1. The second-order valence-corrected chi connectivity index (χ2v) is 3.77. The highest BCUT2D eigenvalue weighted by molar-refractivity contribution is 5.76. The molecule has 1 fully saturated rings. The van der Waals surface area contributed by atoms with Gasteiger partial charge in [-0.15, -0.1) is 0 Å². The quantitative estimate of drug-likeness (QED) is 0.529. The molecule has 0 aromatic rings. The van der Waals surface area contributed by atoms with Gasteiger partial charge in [0.05, 0.1) is 5.84 Å². The Morgan fingerprint density at radius 1 is 1.23 bits per heavy atom. The molecule has 0 radical (unpaired) electrons. The molecule has 1 rings (SSSR count). The van der Waals surface area contributed by atoms with Crippen molar-refractivity contribution in [1.29, 1.82) is 5.41 Å². The van der Waals surface area contributed by atoms with E-state index in [4.69, 9.17) is 5.41 Å².